The first-order valence-electron chi connectivity index (χ1n) is 8.73. The number of rotatable bonds is 4. The van der Waals surface area contributed by atoms with Gasteiger partial charge in [-0.3, -0.25) is 9.59 Å². The topological polar surface area (TPSA) is 34.1 Å². The first kappa shape index (κ1) is 19.1. The average Bonchev–Trinajstić information content (AvgIpc) is 2.54. The second-order valence-corrected chi connectivity index (χ2v) is 8.64. The van der Waals surface area contributed by atoms with Crippen LogP contribution in [0, 0.1) is 16.2 Å². The molecule has 0 aliphatic rings. The Morgan fingerprint density at radius 2 is 0.840 bits per heavy atom. The van der Waals surface area contributed by atoms with Crippen LogP contribution < -0.4 is 0 Å². The van der Waals surface area contributed by atoms with Crippen molar-refractivity contribution in [1.82, 2.24) is 0 Å². The quantitative estimate of drug-likeness (QED) is 0.520. The Balaban J connectivity index is 2.79. The summed E-state index contributed by atoms with van der Waals surface area (Å²) < 4.78 is 0. The molecule has 0 atom stereocenters. The van der Waals surface area contributed by atoms with Crippen LogP contribution in [-0.2, 0) is 0 Å². The van der Waals surface area contributed by atoms with Gasteiger partial charge in [0.05, 0.1) is 0 Å². The molecule has 0 aromatic heterocycles. The number of Topliss-reactive ketones (excluding diaryl/α,β-unsaturated/α-hetero) is 2. The molecule has 2 aromatic rings. The van der Waals surface area contributed by atoms with Crippen molar-refractivity contribution in [3.05, 3.63) is 71.8 Å². The largest absolute Gasteiger partial charge is 0.293 e. The molecule has 0 radical (unpaired) electrons. The smallest absolute Gasteiger partial charge is 0.177 e. The van der Waals surface area contributed by atoms with Crippen LogP contribution in [0.5, 0.6) is 0 Å². The van der Waals surface area contributed by atoms with Crippen molar-refractivity contribution in [2.45, 2.75) is 41.5 Å². The van der Waals surface area contributed by atoms with E-state index in [0.29, 0.717) is 11.1 Å². The minimum absolute atomic E-state index is 0.109. The monoisotopic (exact) mass is 336 g/mol. The van der Waals surface area contributed by atoms with Gasteiger partial charge in [0.1, 0.15) is 5.41 Å². The lowest BCUT2D eigenvalue weighted by molar-refractivity contribution is 0.000372. The van der Waals surface area contributed by atoms with Crippen LogP contribution in [0.1, 0.15) is 62.3 Å². The van der Waals surface area contributed by atoms with Gasteiger partial charge in [0.15, 0.2) is 11.6 Å². The van der Waals surface area contributed by atoms with Gasteiger partial charge < -0.3 is 0 Å². The summed E-state index contributed by atoms with van der Waals surface area (Å²) >= 11 is 0. The number of carbonyl (C=O) groups is 2. The molecule has 2 heteroatoms. The van der Waals surface area contributed by atoms with E-state index in [-0.39, 0.29) is 11.6 Å². The SMILES string of the molecule is CC(C)(C)C(C(=O)c1ccccc1)(C(=O)c1ccccc1)C(C)(C)C. The van der Waals surface area contributed by atoms with Crippen LogP contribution in [-0.4, -0.2) is 11.6 Å². The number of ketones is 2. The molecule has 0 N–H and O–H groups in total. The van der Waals surface area contributed by atoms with E-state index in [4.69, 9.17) is 0 Å². The van der Waals surface area contributed by atoms with Gasteiger partial charge in [0.25, 0.3) is 0 Å². The third-order valence-electron chi connectivity index (χ3n) is 5.00. The normalized spacial score (nSPS) is 12.7. The first-order valence-corrected chi connectivity index (χ1v) is 8.73. The lowest BCUT2D eigenvalue weighted by Gasteiger charge is -2.51. The Morgan fingerprint density at radius 3 is 1.08 bits per heavy atom. The molecule has 0 spiro atoms. The van der Waals surface area contributed by atoms with Crippen LogP contribution in [0.3, 0.4) is 0 Å². The Hall–Kier alpha value is -2.22. The lowest BCUT2D eigenvalue weighted by atomic mass is 9.48. The van der Waals surface area contributed by atoms with Crippen molar-refractivity contribution in [2.24, 2.45) is 16.2 Å². The maximum atomic E-state index is 13.8. The highest BCUT2D eigenvalue weighted by Crippen LogP contribution is 2.55. The molecule has 0 heterocycles. The highest BCUT2D eigenvalue weighted by molar-refractivity contribution is 6.21. The number of hydrogen-bond donors (Lipinski definition) is 0. The van der Waals surface area contributed by atoms with Crippen LogP contribution in [0.25, 0.3) is 0 Å². The molecule has 0 fully saturated rings. The van der Waals surface area contributed by atoms with Gasteiger partial charge in [0.2, 0.25) is 0 Å². The highest BCUT2D eigenvalue weighted by Gasteiger charge is 2.61. The van der Waals surface area contributed by atoms with E-state index >= 15 is 0 Å². The van der Waals surface area contributed by atoms with Crippen molar-refractivity contribution >= 4 is 11.6 Å². The van der Waals surface area contributed by atoms with E-state index in [1.165, 1.54) is 0 Å². The number of benzene rings is 2. The summed E-state index contributed by atoms with van der Waals surface area (Å²) in [5.41, 5.74) is -1.12. The summed E-state index contributed by atoms with van der Waals surface area (Å²) in [4.78, 5) is 27.5. The second-order valence-electron chi connectivity index (χ2n) is 8.64. The van der Waals surface area contributed by atoms with Gasteiger partial charge in [-0.25, -0.2) is 0 Å². The second kappa shape index (κ2) is 6.59. The molecule has 0 aliphatic carbocycles. The maximum absolute atomic E-state index is 13.8. The van der Waals surface area contributed by atoms with Gasteiger partial charge in [-0.15, -0.1) is 0 Å². The Bertz CT molecular complexity index is 677. The van der Waals surface area contributed by atoms with Crippen molar-refractivity contribution in [2.75, 3.05) is 0 Å². The summed E-state index contributed by atoms with van der Waals surface area (Å²) in [5, 5.41) is 0. The summed E-state index contributed by atoms with van der Waals surface area (Å²) in [6, 6.07) is 18.3. The molecular weight excluding hydrogens is 308 g/mol. The molecule has 0 unspecified atom stereocenters. The van der Waals surface area contributed by atoms with Crippen LogP contribution in [0.4, 0.5) is 0 Å². The first-order chi connectivity index (χ1) is 11.5. The van der Waals surface area contributed by atoms with Crippen molar-refractivity contribution in [3.63, 3.8) is 0 Å². The molecule has 25 heavy (non-hydrogen) atoms. The van der Waals surface area contributed by atoms with Crippen LogP contribution in [0.15, 0.2) is 60.7 Å². The molecular formula is C23H28O2. The van der Waals surface area contributed by atoms with E-state index in [1.54, 1.807) is 24.3 Å². The number of carbonyl (C=O) groups excluding carboxylic acids is 2. The maximum Gasteiger partial charge on any atom is 0.177 e. The average molecular weight is 336 g/mol. The van der Waals surface area contributed by atoms with Crippen molar-refractivity contribution in [3.8, 4) is 0 Å². The Morgan fingerprint density at radius 1 is 0.560 bits per heavy atom. The van der Waals surface area contributed by atoms with Gasteiger partial charge >= 0.3 is 0 Å². The lowest BCUT2D eigenvalue weighted by Crippen LogP contribution is -2.57. The third kappa shape index (κ3) is 3.18. The minimum Gasteiger partial charge on any atom is -0.293 e. The predicted octanol–water partition coefficient (Wildman–Crippen LogP) is 5.83. The molecule has 2 aromatic carbocycles. The molecule has 0 saturated heterocycles. The summed E-state index contributed by atoms with van der Waals surface area (Å²) in [5.74, 6) is -0.219. The fourth-order valence-electron chi connectivity index (χ4n) is 4.20. The fraction of sp³-hybridized carbons (Fsp3) is 0.391. The van der Waals surface area contributed by atoms with E-state index in [9.17, 15) is 9.59 Å². The van der Waals surface area contributed by atoms with Gasteiger partial charge in [-0.1, -0.05) is 102 Å². The Labute approximate surface area is 151 Å². The van der Waals surface area contributed by atoms with Crippen LogP contribution in [0.2, 0.25) is 0 Å². The summed E-state index contributed by atoms with van der Waals surface area (Å²) in [6.07, 6.45) is 0. The Kier molecular flexibility index (Phi) is 5.04. The molecule has 0 bridgehead atoms. The third-order valence-corrected chi connectivity index (χ3v) is 5.00. The molecule has 0 amide bonds. The molecule has 2 nitrogen and oxygen atoms in total. The predicted molar refractivity (Wildman–Crippen MR) is 103 cm³/mol. The highest BCUT2D eigenvalue weighted by atomic mass is 16.2. The van der Waals surface area contributed by atoms with Gasteiger partial charge in [0, 0.05) is 11.1 Å². The van der Waals surface area contributed by atoms with E-state index in [1.807, 2.05) is 77.9 Å². The van der Waals surface area contributed by atoms with E-state index < -0.39 is 16.2 Å². The zero-order valence-electron chi connectivity index (χ0n) is 16.1. The molecule has 0 aliphatic heterocycles. The van der Waals surface area contributed by atoms with E-state index in [0.717, 1.165) is 0 Å². The van der Waals surface area contributed by atoms with Gasteiger partial charge in [-0.2, -0.15) is 0 Å². The standard InChI is InChI=1S/C23H28O2/c1-21(2,3)23(22(4,5)6,19(24)17-13-9-7-10-14-17)20(25)18-15-11-8-12-16-18/h7-16H,1-6H3. The van der Waals surface area contributed by atoms with Gasteiger partial charge in [-0.05, 0) is 10.8 Å². The fourth-order valence-corrected chi connectivity index (χ4v) is 4.20. The summed E-state index contributed by atoms with van der Waals surface area (Å²) in [6.45, 7) is 11.9. The van der Waals surface area contributed by atoms with Crippen molar-refractivity contribution in [1.29, 1.82) is 0 Å². The summed E-state index contributed by atoms with van der Waals surface area (Å²) in [7, 11) is 0. The zero-order chi connectivity index (χ0) is 18.9. The molecule has 2 rings (SSSR count). The zero-order valence-corrected chi connectivity index (χ0v) is 16.1. The molecule has 132 valence electrons. The minimum atomic E-state index is -1.18. The van der Waals surface area contributed by atoms with Crippen molar-refractivity contribution < 1.29 is 9.59 Å². The van der Waals surface area contributed by atoms with E-state index in [2.05, 4.69) is 0 Å². The number of hydrogen-bond acceptors (Lipinski definition) is 2. The van der Waals surface area contributed by atoms with Crippen LogP contribution >= 0.6 is 0 Å². The molecule has 0 saturated carbocycles.